The first-order valence-corrected chi connectivity index (χ1v) is 6.75. The molecule has 0 fully saturated rings. The lowest BCUT2D eigenvalue weighted by Crippen LogP contribution is -2.36. The zero-order valence-corrected chi connectivity index (χ0v) is 12.1. The molecule has 5 heteroatoms. The summed E-state index contributed by atoms with van der Waals surface area (Å²) in [4.78, 5) is 24.9. The molecule has 110 valence electrons. The number of carbonyl (C=O) groups is 2. The fraction of sp³-hybridized carbons (Fsp3) is 0.467. The van der Waals surface area contributed by atoms with Gasteiger partial charge in [-0.25, -0.2) is 0 Å². The van der Waals surface area contributed by atoms with E-state index in [9.17, 15) is 9.59 Å². The normalized spacial score (nSPS) is 10.1. The Labute approximate surface area is 119 Å². The van der Waals surface area contributed by atoms with Crippen LogP contribution in [0.3, 0.4) is 0 Å². The number of benzene rings is 1. The quantitative estimate of drug-likeness (QED) is 0.607. The molecule has 0 saturated heterocycles. The Morgan fingerprint density at radius 1 is 1.25 bits per heavy atom. The van der Waals surface area contributed by atoms with Crippen LogP contribution in [0.2, 0.25) is 0 Å². The number of nitrogen functional groups attached to an aromatic ring is 1. The van der Waals surface area contributed by atoms with Crippen molar-refractivity contribution in [1.29, 1.82) is 0 Å². The number of carbonyl (C=O) groups excluding carboxylic acids is 2. The molecule has 1 amide bonds. The van der Waals surface area contributed by atoms with Crippen molar-refractivity contribution in [2.75, 3.05) is 25.9 Å². The van der Waals surface area contributed by atoms with E-state index in [-0.39, 0.29) is 18.4 Å². The lowest BCUT2D eigenvalue weighted by molar-refractivity contribution is -0.147. The third-order valence-electron chi connectivity index (χ3n) is 3.00. The fourth-order valence-electron chi connectivity index (χ4n) is 1.88. The van der Waals surface area contributed by atoms with Gasteiger partial charge in [0.15, 0.2) is 0 Å². The average molecular weight is 278 g/mol. The highest BCUT2D eigenvalue weighted by Gasteiger charge is 2.16. The minimum absolute atomic E-state index is 0.0188. The van der Waals surface area contributed by atoms with Crippen molar-refractivity contribution < 1.29 is 14.3 Å². The maximum atomic E-state index is 12.1. The van der Waals surface area contributed by atoms with Crippen LogP contribution in [-0.4, -0.2) is 37.0 Å². The SMILES string of the molecule is CCCN(CC(=O)OC)C(=O)CCc1ccc(N)cc1. The summed E-state index contributed by atoms with van der Waals surface area (Å²) in [6.45, 7) is 2.55. The summed E-state index contributed by atoms with van der Waals surface area (Å²) in [5.41, 5.74) is 7.38. The molecular formula is C15H22N2O3. The van der Waals surface area contributed by atoms with Crippen molar-refractivity contribution in [3.05, 3.63) is 29.8 Å². The van der Waals surface area contributed by atoms with Gasteiger partial charge in [-0.1, -0.05) is 19.1 Å². The largest absolute Gasteiger partial charge is 0.468 e. The lowest BCUT2D eigenvalue weighted by atomic mass is 10.1. The molecule has 5 nitrogen and oxygen atoms in total. The van der Waals surface area contributed by atoms with Crippen molar-refractivity contribution in [3.63, 3.8) is 0 Å². The molecule has 0 unspecified atom stereocenters. The number of nitrogens with two attached hydrogens (primary N) is 1. The van der Waals surface area contributed by atoms with Gasteiger partial charge in [0.2, 0.25) is 5.91 Å². The zero-order valence-electron chi connectivity index (χ0n) is 12.1. The number of esters is 1. The molecule has 0 spiro atoms. The number of amides is 1. The Balaban J connectivity index is 2.52. The van der Waals surface area contributed by atoms with E-state index in [1.165, 1.54) is 7.11 Å². The first-order chi connectivity index (χ1) is 9.56. The van der Waals surface area contributed by atoms with Gasteiger partial charge < -0.3 is 15.4 Å². The monoisotopic (exact) mass is 278 g/mol. The predicted molar refractivity (Wildman–Crippen MR) is 78.1 cm³/mol. The van der Waals surface area contributed by atoms with Crippen molar-refractivity contribution in [1.82, 2.24) is 4.90 Å². The van der Waals surface area contributed by atoms with Gasteiger partial charge in [0, 0.05) is 18.7 Å². The second-order valence-corrected chi connectivity index (χ2v) is 4.63. The summed E-state index contributed by atoms with van der Waals surface area (Å²) in [6, 6.07) is 7.45. The molecular weight excluding hydrogens is 256 g/mol. The topological polar surface area (TPSA) is 72.6 Å². The van der Waals surface area contributed by atoms with E-state index in [2.05, 4.69) is 4.74 Å². The Hall–Kier alpha value is -2.04. The zero-order chi connectivity index (χ0) is 15.0. The number of hydrogen-bond acceptors (Lipinski definition) is 4. The Kier molecular flexibility index (Phi) is 6.56. The molecule has 0 radical (unpaired) electrons. The molecule has 0 aliphatic rings. The van der Waals surface area contributed by atoms with Crippen LogP contribution in [-0.2, 0) is 20.7 Å². The van der Waals surface area contributed by atoms with Gasteiger partial charge in [-0.05, 0) is 30.5 Å². The highest BCUT2D eigenvalue weighted by atomic mass is 16.5. The molecule has 0 atom stereocenters. The van der Waals surface area contributed by atoms with E-state index in [0.29, 0.717) is 25.1 Å². The van der Waals surface area contributed by atoms with Gasteiger partial charge in [0.1, 0.15) is 6.54 Å². The molecule has 2 N–H and O–H groups in total. The second-order valence-electron chi connectivity index (χ2n) is 4.63. The minimum atomic E-state index is -0.390. The van der Waals surface area contributed by atoms with Gasteiger partial charge in [0.25, 0.3) is 0 Å². The number of nitrogens with zero attached hydrogens (tertiary/aromatic N) is 1. The number of ether oxygens (including phenoxy) is 1. The van der Waals surface area contributed by atoms with E-state index >= 15 is 0 Å². The van der Waals surface area contributed by atoms with Crippen LogP contribution < -0.4 is 5.73 Å². The van der Waals surface area contributed by atoms with Gasteiger partial charge in [0.05, 0.1) is 7.11 Å². The first kappa shape index (κ1) is 16.0. The molecule has 1 rings (SSSR count). The summed E-state index contributed by atoms with van der Waals surface area (Å²) in [7, 11) is 1.32. The van der Waals surface area contributed by atoms with Gasteiger partial charge in [-0.2, -0.15) is 0 Å². The number of aryl methyl sites for hydroxylation is 1. The van der Waals surface area contributed by atoms with E-state index in [0.717, 1.165) is 12.0 Å². The second kappa shape index (κ2) is 8.19. The summed E-state index contributed by atoms with van der Waals surface area (Å²) in [5, 5.41) is 0. The number of methoxy groups -OCH3 is 1. The third kappa shape index (κ3) is 5.30. The fourth-order valence-corrected chi connectivity index (χ4v) is 1.88. The van der Waals surface area contributed by atoms with Gasteiger partial charge >= 0.3 is 5.97 Å². The molecule has 0 heterocycles. The number of rotatable bonds is 7. The highest BCUT2D eigenvalue weighted by Crippen LogP contribution is 2.09. The third-order valence-corrected chi connectivity index (χ3v) is 3.00. The summed E-state index contributed by atoms with van der Waals surface area (Å²) in [6.07, 6.45) is 1.83. The summed E-state index contributed by atoms with van der Waals surface area (Å²) < 4.78 is 4.61. The summed E-state index contributed by atoms with van der Waals surface area (Å²) in [5.74, 6) is -0.423. The molecule has 1 aromatic rings. The number of hydrogen-bond donors (Lipinski definition) is 1. The van der Waals surface area contributed by atoms with E-state index in [1.807, 2.05) is 31.2 Å². The predicted octanol–water partition coefficient (Wildman–Crippen LogP) is 1.61. The summed E-state index contributed by atoms with van der Waals surface area (Å²) >= 11 is 0. The van der Waals surface area contributed by atoms with Crippen LogP contribution in [0.15, 0.2) is 24.3 Å². The van der Waals surface area contributed by atoms with Crippen LogP contribution in [0.1, 0.15) is 25.3 Å². The van der Waals surface area contributed by atoms with Crippen LogP contribution >= 0.6 is 0 Å². The first-order valence-electron chi connectivity index (χ1n) is 6.75. The van der Waals surface area contributed by atoms with Gasteiger partial charge in [-0.15, -0.1) is 0 Å². The van der Waals surface area contributed by atoms with E-state index in [1.54, 1.807) is 4.90 Å². The maximum absolute atomic E-state index is 12.1. The average Bonchev–Trinajstić information content (AvgIpc) is 2.45. The van der Waals surface area contributed by atoms with Crippen molar-refractivity contribution in [2.24, 2.45) is 0 Å². The molecule has 0 aliphatic carbocycles. The molecule has 0 aliphatic heterocycles. The lowest BCUT2D eigenvalue weighted by Gasteiger charge is -2.20. The molecule has 1 aromatic carbocycles. The molecule has 0 bridgehead atoms. The van der Waals surface area contributed by atoms with Crippen LogP contribution in [0, 0.1) is 0 Å². The molecule has 0 aromatic heterocycles. The van der Waals surface area contributed by atoms with Crippen molar-refractivity contribution >= 4 is 17.6 Å². The van der Waals surface area contributed by atoms with Gasteiger partial charge in [-0.3, -0.25) is 9.59 Å². The van der Waals surface area contributed by atoms with Crippen LogP contribution in [0.4, 0.5) is 5.69 Å². The Bertz CT molecular complexity index is 443. The Morgan fingerprint density at radius 2 is 1.90 bits per heavy atom. The van der Waals surface area contributed by atoms with Crippen LogP contribution in [0.5, 0.6) is 0 Å². The maximum Gasteiger partial charge on any atom is 0.325 e. The van der Waals surface area contributed by atoms with E-state index in [4.69, 9.17) is 5.73 Å². The smallest absolute Gasteiger partial charge is 0.325 e. The minimum Gasteiger partial charge on any atom is -0.468 e. The highest BCUT2D eigenvalue weighted by molar-refractivity contribution is 5.82. The molecule has 0 saturated carbocycles. The van der Waals surface area contributed by atoms with Crippen molar-refractivity contribution in [3.8, 4) is 0 Å². The van der Waals surface area contributed by atoms with Crippen LogP contribution in [0.25, 0.3) is 0 Å². The number of anilines is 1. The van der Waals surface area contributed by atoms with E-state index < -0.39 is 0 Å². The molecule has 20 heavy (non-hydrogen) atoms. The Morgan fingerprint density at radius 3 is 2.45 bits per heavy atom. The standard InChI is InChI=1S/C15H22N2O3/c1-3-10-17(11-15(19)20-2)14(18)9-6-12-4-7-13(16)8-5-12/h4-5,7-8H,3,6,9-11,16H2,1-2H3. The van der Waals surface area contributed by atoms with Crippen molar-refractivity contribution in [2.45, 2.75) is 26.2 Å².